The number of anilines is 1. The molecule has 2 amide bonds. The van der Waals surface area contributed by atoms with E-state index >= 15 is 0 Å². The van der Waals surface area contributed by atoms with Crippen molar-refractivity contribution in [2.45, 2.75) is 38.1 Å². The molecule has 4 rings (SSSR count). The fraction of sp³-hybridized carbons (Fsp3) is 0.316. The molecule has 0 unspecified atom stereocenters. The minimum Gasteiger partial charge on any atom is -0.355 e. The molecule has 4 nitrogen and oxygen atoms in total. The summed E-state index contributed by atoms with van der Waals surface area (Å²) in [5.41, 5.74) is 3.03. The number of aromatic amines is 1. The van der Waals surface area contributed by atoms with Crippen LogP contribution in [0, 0.1) is 0 Å². The first-order chi connectivity index (χ1) is 11.3. The molecule has 1 heterocycles. The monoisotopic (exact) mass is 307 g/mol. The molecule has 0 bridgehead atoms. The predicted molar refractivity (Wildman–Crippen MR) is 94.8 cm³/mol. The van der Waals surface area contributed by atoms with Crippen molar-refractivity contribution in [2.24, 2.45) is 0 Å². The maximum atomic E-state index is 12.2. The number of carbonyl (C=O) groups excluding carboxylic acids is 1. The zero-order valence-electron chi connectivity index (χ0n) is 13.1. The summed E-state index contributed by atoms with van der Waals surface area (Å²) >= 11 is 0. The summed E-state index contributed by atoms with van der Waals surface area (Å²) in [6.07, 6.45) is 5.90. The van der Waals surface area contributed by atoms with Gasteiger partial charge in [0, 0.05) is 33.5 Å². The van der Waals surface area contributed by atoms with Crippen LogP contribution in [0.25, 0.3) is 21.8 Å². The fourth-order valence-electron chi connectivity index (χ4n) is 3.53. The third-order valence-corrected chi connectivity index (χ3v) is 4.70. The summed E-state index contributed by atoms with van der Waals surface area (Å²) in [6, 6.07) is 14.4. The van der Waals surface area contributed by atoms with Crippen LogP contribution < -0.4 is 10.6 Å². The Morgan fingerprint density at radius 2 is 1.74 bits per heavy atom. The van der Waals surface area contributed by atoms with E-state index in [0.717, 1.165) is 34.9 Å². The molecule has 118 valence electrons. The van der Waals surface area contributed by atoms with Crippen molar-refractivity contribution in [1.82, 2.24) is 10.3 Å². The Hall–Kier alpha value is -2.49. The minimum atomic E-state index is -0.101. The van der Waals surface area contributed by atoms with Crippen LogP contribution in [0.15, 0.2) is 42.5 Å². The van der Waals surface area contributed by atoms with Gasteiger partial charge in [-0.25, -0.2) is 4.79 Å². The second kappa shape index (κ2) is 5.95. The average Bonchev–Trinajstić information content (AvgIpc) is 2.94. The molecule has 0 aliphatic heterocycles. The van der Waals surface area contributed by atoms with Gasteiger partial charge >= 0.3 is 6.03 Å². The van der Waals surface area contributed by atoms with Gasteiger partial charge in [0.25, 0.3) is 0 Å². The standard InChI is InChI=1S/C19H21N3O/c23-19(20-13-6-2-1-3-7-13)21-14-10-11-18-16(12-14)15-8-4-5-9-17(15)22-18/h4-5,8-13,22H,1-3,6-7H2,(H2,20,21,23). The average molecular weight is 307 g/mol. The summed E-state index contributed by atoms with van der Waals surface area (Å²) in [7, 11) is 0. The van der Waals surface area contributed by atoms with Crippen LogP contribution in [-0.2, 0) is 0 Å². The number of amides is 2. The Labute approximate surface area is 135 Å². The summed E-state index contributed by atoms with van der Waals surface area (Å²) in [5, 5.41) is 8.38. The molecule has 0 saturated heterocycles. The first kappa shape index (κ1) is 14.1. The molecule has 0 atom stereocenters. The van der Waals surface area contributed by atoms with E-state index in [4.69, 9.17) is 0 Å². The molecule has 23 heavy (non-hydrogen) atoms. The maximum absolute atomic E-state index is 12.2. The van der Waals surface area contributed by atoms with Crippen molar-refractivity contribution >= 4 is 33.5 Å². The fourth-order valence-corrected chi connectivity index (χ4v) is 3.53. The zero-order valence-corrected chi connectivity index (χ0v) is 13.1. The van der Waals surface area contributed by atoms with Gasteiger partial charge in [0.05, 0.1) is 0 Å². The molecule has 1 saturated carbocycles. The Bertz CT molecular complexity index is 846. The molecule has 0 radical (unpaired) electrons. The van der Waals surface area contributed by atoms with E-state index in [0.29, 0.717) is 6.04 Å². The van der Waals surface area contributed by atoms with Crippen LogP contribution in [0.5, 0.6) is 0 Å². The van der Waals surface area contributed by atoms with E-state index in [2.05, 4.69) is 27.8 Å². The summed E-state index contributed by atoms with van der Waals surface area (Å²) < 4.78 is 0. The van der Waals surface area contributed by atoms with E-state index in [1.54, 1.807) is 0 Å². The molecule has 3 N–H and O–H groups in total. The zero-order chi connectivity index (χ0) is 15.6. The van der Waals surface area contributed by atoms with Crippen LogP contribution in [0.4, 0.5) is 10.5 Å². The Kier molecular flexibility index (Phi) is 3.66. The molecule has 1 fully saturated rings. The van der Waals surface area contributed by atoms with Crippen molar-refractivity contribution in [1.29, 1.82) is 0 Å². The van der Waals surface area contributed by atoms with Gasteiger partial charge in [0.15, 0.2) is 0 Å². The number of urea groups is 1. The number of hydrogen-bond acceptors (Lipinski definition) is 1. The number of rotatable bonds is 2. The topological polar surface area (TPSA) is 56.9 Å². The van der Waals surface area contributed by atoms with E-state index < -0.39 is 0 Å². The lowest BCUT2D eigenvalue weighted by molar-refractivity contribution is 0.244. The number of carbonyl (C=O) groups is 1. The highest BCUT2D eigenvalue weighted by Gasteiger charge is 2.15. The highest BCUT2D eigenvalue weighted by Crippen LogP contribution is 2.27. The van der Waals surface area contributed by atoms with Crippen LogP contribution in [0.1, 0.15) is 32.1 Å². The second-order valence-electron chi connectivity index (χ2n) is 6.36. The molecular formula is C19H21N3O. The Balaban J connectivity index is 1.54. The molecule has 1 aromatic heterocycles. The maximum Gasteiger partial charge on any atom is 0.319 e. The highest BCUT2D eigenvalue weighted by atomic mass is 16.2. The largest absolute Gasteiger partial charge is 0.355 e. The molecule has 1 aliphatic carbocycles. The van der Waals surface area contributed by atoms with Gasteiger partial charge in [-0.1, -0.05) is 37.5 Å². The molecule has 1 aliphatic rings. The summed E-state index contributed by atoms with van der Waals surface area (Å²) in [4.78, 5) is 15.6. The number of hydrogen-bond donors (Lipinski definition) is 3. The third kappa shape index (κ3) is 2.89. The van der Waals surface area contributed by atoms with Gasteiger partial charge in [0.2, 0.25) is 0 Å². The number of fused-ring (bicyclic) bond motifs is 3. The van der Waals surface area contributed by atoms with Crippen molar-refractivity contribution in [2.75, 3.05) is 5.32 Å². The number of benzene rings is 2. The number of para-hydroxylation sites is 1. The van der Waals surface area contributed by atoms with Gasteiger partial charge < -0.3 is 15.6 Å². The number of H-pyrrole nitrogens is 1. The van der Waals surface area contributed by atoms with E-state index in [9.17, 15) is 4.79 Å². The van der Waals surface area contributed by atoms with Crippen LogP contribution in [0.2, 0.25) is 0 Å². The van der Waals surface area contributed by atoms with Crippen LogP contribution in [-0.4, -0.2) is 17.1 Å². The first-order valence-electron chi connectivity index (χ1n) is 8.37. The van der Waals surface area contributed by atoms with Crippen molar-refractivity contribution in [3.63, 3.8) is 0 Å². The minimum absolute atomic E-state index is 0.101. The van der Waals surface area contributed by atoms with Crippen molar-refractivity contribution in [3.8, 4) is 0 Å². The lowest BCUT2D eigenvalue weighted by Gasteiger charge is -2.22. The lowest BCUT2D eigenvalue weighted by atomic mass is 9.96. The number of aromatic nitrogens is 1. The van der Waals surface area contributed by atoms with Gasteiger partial charge in [0.1, 0.15) is 0 Å². The second-order valence-corrected chi connectivity index (χ2v) is 6.36. The van der Waals surface area contributed by atoms with Gasteiger partial charge in [-0.15, -0.1) is 0 Å². The van der Waals surface area contributed by atoms with Crippen LogP contribution >= 0.6 is 0 Å². The predicted octanol–water partition coefficient (Wildman–Crippen LogP) is 4.78. The van der Waals surface area contributed by atoms with Gasteiger partial charge in [-0.05, 0) is 37.1 Å². The summed E-state index contributed by atoms with van der Waals surface area (Å²) in [5.74, 6) is 0. The van der Waals surface area contributed by atoms with Crippen molar-refractivity contribution < 1.29 is 4.79 Å². The highest BCUT2D eigenvalue weighted by molar-refractivity contribution is 6.08. The molecule has 0 spiro atoms. The van der Waals surface area contributed by atoms with Crippen molar-refractivity contribution in [3.05, 3.63) is 42.5 Å². The lowest BCUT2D eigenvalue weighted by Crippen LogP contribution is -2.38. The van der Waals surface area contributed by atoms with E-state index in [1.165, 1.54) is 24.6 Å². The normalized spacial score (nSPS) is 15.8. The molecule has 4 heteroatoms. The SMILES string of the molecule is O=C(Nc1ccc2[nH]c3ccccc3c2c1)NC1CCCCC1. The Morgan fingerprint density at radius 1 is 0.957 bits per heavy atom. The van der Waals surface area contributed by atoms with E-state index in [1.807, 2.05) is 30.3 Å². The summed E-state index contributed by atoms with van der Waals surface area (Å²) in [6.45, 7) is 0. The van der Waals surface area contributed by atoms with E-state index in [-0.39, 0.29) is 6.03 Å². The van der Waals surface area contributed by atoms with Gasteiger partial charge in [-0.3, -0.25) is 0 Å². The quantitative estimate of drug-likeness (QED) is 0.627. The molecule has 2 aromatic carbocycles. The van der Waals surface area contributed by atoms with Gasteiger partial charge in [-0.2, -0.15) is 0 Å². The molecular weight excluding hydrogens is 286 g/mol. The smallest absolute Gasteiger partial charge is 0.319 e. The van der Waals surface area contributed by atoms with Crippen LogP contribution in [0.3, 0.4) is 0 Å². The third-order valence-electron chi connectivity index (χ3n) is 4.70. The number of nitrogens with one attached hydrogen (secondary N) is 3. The molecule has 3 aromatic rings. The Morgan fingerprint density at radius 3 is 2.61 bits per heavy atom. The first-order valence-corrected chi connectivity index (χ1v) is 8.37.